The van der Waals surface area contributed by atoms with Crippen LogP contribution in [0.5, 0.6) is 0 Å². The zero-order chi connectivity index (χ0) is 25.9. The molecule has 186 valence electrons. The molecular formula is C31H23N3O3S. The van der Waals surface area contributed by atoms with Crippen LogP contribution in [0.25, 0.3) is 21.5 Å². The second-order valence-corrected chi connectivity index (χ2v) is 11.5. The molecule has 1 atom stereocenters. The Morgan fingerprint density at radius 3 is 2.32 bits per heavy atom. The van der Waals surface area contributed by atoms with E-state index in [1.54, 1.807) is 18.2 Å². The largest absolute Gasteiger partial charge is 0.271 e. The zero-order valence-electron chi connectivity index (χ0n) is 20.4. The van der Waals surface area contributed by atoms with Crippen molar-refractivity contribution in [3.63, 3.8) is 0 Å². The predicted molar refractivity (Wildman–Crippen MR) is 150 cm³/mol. The van der Waals surface area contributed by atoms with Crippen molar-refractivity contribution in [3.05, 3.63) is 120 Å². The minimum Gasteiger partial charge on any atom is -0.271 e. The molecule has 0 saturated heterocycles. The number of hydrazone groups is 1. The van der Waals surface area contributed by atoms with Crippen molar-refractivity contribution in [2.24, 2.45) is 5.10 Å². The molecule has 6 nitrogen and oxygen atoms in total. The van der Waals surface area contributed by atoms with Crippen molar-refractivity contribution in [3.8, 4) is 0 Å². The van der Waals surface area contributed by atoms with Crippen LogP contribution >= 0.6 is 0 Å². The fourth-order valence-electron chi connectivity index (χ4n) is 5.54. The molecule has 5 aromatic rings. The summed E-state index contributed by atoms with van der Waals surface area (Å²) in [5, 5.41) is 9.98. The van der Waals surface area contributed by atoms with Crippen molar-refractivity contribution in [2.45, 2.75) is 17.4 Å². The van der Waals surface area contributed by atoms with Gasteiger partial charge in [-0.05, 0) is 45.5 Å². The van der Waals surface area contributed by atoms with Crippen LogP contribution in [0.15, 0.2) is 119 Å². The quantitative estimate of drug-likeness (QED) is 0.299. The number of anilines is 1. The van der Waals surface area contributed by atoms with Crippen LogP contribution in [0.2, 0.25) is 0 Å². The molecule has 2 heterocycles. The SMILES string of the molecule is O=C(CN1c2cccc3cccc(c23)S1(=O)=O)N1N=C(c2ccc3ccccc3c2)C[C@@H]1c1ccccc1. The zero-order valence-corrected chi connectivity index (χ0v) is 21.2. The highest BCUT2D eigenvalue weighted by Crippen LogP contribution is 2.42. The summed E-state index contributed by atoms with van der Waals surface area (Å²) in [7, 11) is -3.86. The minimum absolute atomic E-state index is 0.236. The molecule has 0 bridgehead atoms. The van der Waals surface area contributed by atoms with E-state index in [-0.39, 0.29) is 23.4 Å². The summed E-state index contributed by atoms with van der Waals surface area (Å²) < 4.78 is 28.2. The highest BCUT2D eigenvalue weighted by atomic mass is 32.2. The Balaban J connectivity index is 1.27. The molecule has 1 amide bonds. The number of amides is 1. The van der Waals surface area contributed by atoms with E-state index in [9.17, 15) is 13.2 Å². The molecule has 0 aromatic heterocycles. The third kappa shape index (κ3) is 3.50. The smallest absolute Gasteiger partial charge is 0.265 e. The Labute approximate surface area is 220 Å². The number of hydrogen-bond acceptors (Lipinski definition) is 4. The molecule has 0 spiro atoms. The molecule has 0 aliphatic carbocycles. The summed E-state index contributed by atoms with van der Waals surface area (Å²) in [6, 6.07) is 34.4. The van der Waals surface area contributed by atoms with Gasteiger partial charge in [-0.1, -0.05) is 91.0 Å². The van der Waals surface area contributed by atoms with Gasteiger partial charge in [-0.25, -0.2) is 13.4 Å². The second-order valence-electron chi connectivity index (χ2n) is 9.62. The van der Waals surface area contributed by atoms with E-state index in [1.165, 1.54) is 9.31 Å². The lowest BCUT2D eigenvalue weighted by atomic mass is 9.97. The van der Waals surface area contributed by atoms with Crippen molar-refractivity contribution in [1.29, 1.82) is 0 Å². The summed E-state index contributed by atoms with van der Waals surface area (Å²) in [4.78, 5) is 14.1. The third-order valence-corrected chi connectivity index (χ3v) is 9.20. The van der Waals surface area contributed by atoms with Crippen molar-refractivity contribution in [2.75, 3.05) is 10.8 Å². The number of fused-ring (bicyclic) bond motifs is 1. The molecule has 0 N–H and O–H groups in total. The Kier molecular flexibility index (Phi) is 5.09. The Bertz CT molecular complexity index is 1880. The van der Waals surface area contributed by atoms with Gasteiger partial charge in [0.05, 0.1) is 22.3 Å². The summed E-state index contributed by atoms with van der Waals surface area (Å²) in [6.45, 7) is -0.325. The highest BCUT2D eigenvalue weighted by Gasteiger charge is 2.40. The average Bonchev–Trinajstić information content (AvgIpc) is 3.49. The second kappa shape index (κ2) is 8.53. The van der Waals surface area contributed by atoms with Crippen molar-refractivity contribution >= 4 is 48.9 Å². The monoisotopic (exact) mass is 517 g/mol. The third-order valence-electron chi connectivity index (χ3n) is 7.39. The standard InChI is InChI=1S/C31H23N3O3S/c35-30(20-33-27-14-6-12-23-13-7-15-29(31(23)27)38(33,36)37)34-28(22-9-2-1-3-10-22)19-26(32-34)25-17-16-21-8-4-5-11-24(21)18-25/h1-18,28H,19-20H2/t28-/m1/s1. The van der Waals surface area contributed by atoms with Crippen LogP contribution < -0.4 is 4.31 Å². The van der Waals surface area contributed by atoms with Gasteiger partial charge in [0.2, 0.25) is 0 Å². The summed E-state index contributed by atoms with van der Waals surface area (Å²) in [5.41, 5.74) is 3.23. The number of hydrogen-bond donors (Lipinski definition) is 0. The number of carbonyl (C=O) groups excluding carboxylic acids is 1. The lowest BCUT2D eigenvalue weighted by Gasteiger charge is -2.25. The Hall–Kier alpha value is -4.49. The van der Waals surface area contributed by atoms with Gasteiger partial charge in [0.1, 0.15) is 6.54 Å². The van der Waals surface area contributed by atoms with E-state index in [0.717, 1.165) is 33.0 Å². The first-order chi connectivity index (χ1) is 18.5. The van der Waals surface area contributed by atoms with Gasteiger partial charge >= 0.3 is 0 Å². The molecule has 0 unspecified atom stereocenters. The van der Waals surface area contributed by atoms with Crippen LogP contribution in [0.3, 0.4) is 0 Å². The van der Waals surface area contributed by atoms with Gasteiger partial charge in [0.15, 0.2) is 0 Å². The van der Waals surface area contributed by atoms with Crippen LogP contribution in [0.4, 0.5) is 5.69 Å². The number of benzene rings is 5. The summed E-state index contributed by atoms with van der Waals surface area (Å²) in [5.74, 6) is -0.372. The number of nitrogens with zero attached hydrogens (tertiary/aromatic N) is 3. The average molecular weight is 518 g/mol. The highest BCUT2D eigenvalue weighted by molar-refractivity contribution is 7.93. The topological polar surface area (TPSA) is 70.1 Å². The lowest BCUT2D eigenvalue weighted by Crippen LogP contribution is -2.39. The van der Waals surface area contributed by atoms with E-state index in [4.69, 9.17) is 5.10 Å². The van der Waals surface area contributed by atoms with Crippen LogP contribution in [-0.2, 0) is 14.8 Å². The van der Waals surface area contributed by atoms with Gasteiger partial charge in [-0.15, -0.1) is 0 Å². The Morgan fingerprint density at radius 2 is 1.50 bits per heavy atom. The molecule has 0 fully saturated rings. The van der Waals surface area contributed by atoms with Gasteiger partial charge in [-0.2, -0.15) is 5.10 Å². The van der Waals surface area contributed by atoms with Crippen LogP contribution in [0.1, 0.15) is 23.6 Å². The first kappa shape index (κ1) is 22.7. The molecule has 38 heavy (non-hydrogen) atoms. The van der Waals surface area contributed by atoms with Crippen LogP contribution in [-0.4, -0.2) is 31.6 Å². The molecule has 2 aliphatic rings. The van der Waals surface area contributed by atoms with E-state index >= 15 is 0 Å². The van der Waals surface area contributed by atoms with E-state index in [0.29, 0.717) is 17.5 Å². The van der Waals surface area contributed by atoms with Gasteiger partial charge in [-0.3, -0.25) is 9.10 Å². The number of sulfonamides is 1. The normalized spacial score (nSPS) is 17.8. The summed E-state index contributed by atoms with van der Waals surface area (Å²) >= 11 is 0. The van der Waals surface area contributed by atoms with Crippen LogP contribution in [0, 0.1) is 0 Å². The Morgan fingerprint density at radius 1 is 0.789 bits per heavy atom. The molecule has 0 radical (unpaired) electrons. The molecule has 7 heteroatoms. The lowest BCUT2D eigenvalue weighted by molar-refractivity contribution is -0.131. The first-order valence-corrected chi connectivity index (χ1v) is 13.9. The number of carbonyl (C=O) groups is 1. The number of rotatable bonds is 4. The predicted octanol–water partition coefficient (Wildman–Crippen LogP) is 5.88. The summed E-state index contributed by atoms with van der Waals surface area (Å²) in [6.07, 6.45) is 0.538. The van der Waals surface area contributed by atoms with Gasteiger partial charge in [0.25, 0.3) is 15.9 Å². The fraction of sp³-hybridized carbons (Fsp3) is 0.0968. The van der Waals surface area contributed by atoms with Gasteiger partial charge < -0.3 is 0 Å². The van der Waals surface area contributed by atoms with Crippen molar-refractivity contribution in [1.82, 2.24) is 5.01 Å². The fourth-order valence-corrected chi connectivity index (χ4v) is 7.20. The first-order valence-electron chi connectivity index (χ1n) is 12.5. The van der Waals surface area contributed by atoms with Crippen molar-refractivity contribution < 1.29 is 13.2 Å². The molecular weight excluding hydrogens is 494 g/mol. The minimum atomic E-state index is -3.86. The maximum atomic E-state index is 13.8. The van der Waals surface area contributed by atoms with E-state index in [2.05, 4.69) is 24.3 Å². The maximum absolute atomic E-state index is 13.8. The van der Waals surface area contributed by atoms with E-state index < -0.39 is 10.0 Å². The molecule has 5 aromatic carbocycles. The van der Waals surface area contributed by atoms with E-state index in [1.807, 2.05) is 66.7 Å². The maximum Gasteiger partial charge on any atom is 0.265 e. The molecule has 7 rings (SSSR count). The molecule has 0 saturated carbocycles. The van der Waals surface area contributed by atoms with Gasteiger partial charge in [0, 0.05) is 11.8 Å². The molecule has 2 aliphatic heterocycles.